The first-order chi connectivity index (χ1) is 20.4. The molecule has 2 heterocycles. The summed E-state index contributed by atoms with van der Waals surface area (Å²) in [6.07, 6.45) is 5.83. The number of hydrogen-bond acceptors (Lipinski definition) is 6. The predicted octanol–water partition coefficient (Wildman–Crippen LogP) is 5.63. The van der Waals surface area contributed by atoms with E-state index in [-0.39, 0.29) is 24.4 Å². The van der Waals surface area contributed by atoms with Crippen molar-refractivity contribution in [3.63, 3.8) is 0 Å². The van der Waals surface area contributed by atoms with E-state index in [0.29, 0.717) is 11.7 Å². The van der Waals surface area contributed by atoms with Gasteiger partial charge in [0.25, 0.3) is 5.92 Å². The summed E-state index contributed by atoms with van der Waals surface area (Å²) in [7, 11) is 0. The van der Waals surface area contributed by atoms with E-state index < -0.39 is 48.6 Å². The van der Waals surface area contributed by atoms with Crippen LogP contribution in [0.1, 0.15) is 77.7 Å². The minimum absolute atomic E-state index is 0. The SMILES string of the molecule is CC(C)(C)OC(=O)N1CC(F)(F)CC1C(=O)N[C@@H](CSCC1CCCCC1)C(=O)NC1CCN(Cc2ccccc2)CC1.Cl. The number of nitrogens with zero attached hydrogens (tertiary/aromatic N) is 2. The number of nitrogens with one attached hydrogen (secondary N) is 2. The van der Waals surface area contributed by atoms with E-state index in [1.807, 2.05) is 18.2 Å². The monoisotopic (exact) mass is 658 g/mol. The second kappa shape index (κ2) is 16.5. The molecule has 1 saturated carbocycles. The fraction of sp³-hybridized carbons (Fsp3) is 0.719. The van der Waals surface area contributed by atoms with Crippen LogP contribution in [0.25, 0.3) is 0 Å². The minimum Gasteiger partial charge on any atom is -0.444 e. The molecule has 0 bridgehead atoms. The van der Waals surface area contributed by atoms with Gasteiger partial charge >= 0.3 is 6.09 Å². The van der Waals surface area contributed by atoms with Gasteiger partial charge in [0.05, 0.1) is 6.54 Å². The van der Waals surface area contributed by atoms with Gasteiger partial charge in [-0.25, -0.2) is 13.6 Å². The molecule has 8 nitrogen and oxygen atoms in total. The van der Waals surface area contributed by atoms with Crippen LogP contribution in [0.3, 0.4) is 0 Å². The number of amides is 3. The zero-order valence-corrected chi connectivity index (χ0v) is 27.8. The Morgan fingerprint density at radius 1 is 1.05 bits per heavy atom. The second-order valence-electron chi connectivity index (χ2n) is 13.3. The van der Waals surface area contributed by atoms with Gasteiger partial charge in [-0.05, 0) is 63.7 Å². The van der Waals surface area contributed by atoms with Crippen molar-refractivity contribution in [2.45, 2.75) is 108 Å². The zero-order valence-electron chi connectivity index (χ0n) is 26.2. The topological polar surface area (TPSA) is 91.0 Å². The van der Waals surface area contributed by atoms with Crippen LogP contribution in [-0.2, 0) is 20.9 Å². The first kappa shape index (κ1) is 36.4. The van der Waals surface area contributed by atoms with Crippen molar-refractivity contribution >= 4 is 42.1 Å². The Kier molecular flexibility index (Phi) is 13.6. The van der Waals surface area contributed by atoms with Crippen LogP contribution < -0.4 is 10.6 Å². The molecular formula is C32H49ClF2N4O4S. The van der Waals surface area contributed by atoms with E-state index in [1.54, 1.807) is 32.5 Å². The number of rotatable bonds is 10. The van der Waals surface area contributed by atoms with Crippen LogP contribution in [0.4, 0.5) is 13.6 Å². The highest BCUT2D eigenvalue weighted by atomic mass is 35.5. The number of piperidine rings is 1. The maximum Gasteiger partial charge on any atom is 0.411 e. The standard InChI is InChI=1S/C32H48F2N4O4S.ClH/c1-31(2,3)42-30(41)38-22-32(33,34)18-27(38)29(40)36-26(21-43-20-24-12-8-5-9-13-24)28(39)35-25-14-16-37(17-15-25)19-23-10-6-4-7-11-23;/h4,6-7,10-11,24-27H,5,8-9,12-22H2,1-3H3,(H,35,39)(H,36,40);1H/t26-,27?;/m0./s1. The lowest BCUT2D eigenvalue weighted by atomic mass is 9.91. The number of likely N-dealkylation sites (tertiary alicyclic amines) is 2. The van der Waals surface area contributed by atoms with Gasteiger partial charge in [-0.1, -0.05) is 49.6 Å². The molecule has 1 aromatic rings. The Morgan fingerprint density at radius 3 is 2.34 bits per heavy atom. The molecule has 4 rings (SSSR count). The van der Waals surface area contributed by atoms with E-state index >= 15 is 0 Å². The van der Waals surface area contributed by atoms with Gasteiger partial charge in [-0.15, -0.1) is 12.4 Å². The molecule has 1 aliphatic carbocycles. The number of hydrogen-bond donors (Lipinski definition) is 2. The second-order valence-corrected chi connectivity index (χ2v) is 14.4. The molecule has 0 spiro atoms. The summed E-state index contributed by atoms with van der Waals surface area (Å²) < 4.78 is 34.2. The average Bonchev–Trinajstić information content (AvgIpc) is 3.29. The summed E-state index contributed by atoms with van der Waals surface area (Å²) in [6, 6.07) is 7.94. The van der Waals surface area contributed by atoms with Gasteiger partial charge in [0, 0.05) is 37.8 Å². The van der Waals surface area contributed by atoms with Crippen LogP contribution in [-0.4, -0.2) is 88.5 Å². The molecule has 0 aromatic heterocycles. The van der Waals surface area contributed by atoms with Crippen LogP contribution >= 0.6 is 24.2 Å². The average molecular weight is 659 g/mol. The number of alkyl halides is 2. The van der Waals surface area contributed by atoms with Crippen molar-refractivity contribution < 1.29 is 27.9 Å². The molecule has 0 radical (unpaired) electrons. The molecule has 44 heavy (non-hydrogen) atoms. The number of carbonyl (C=O) groups is 3. The van der Waals surface area contributed by atoms with Gasteiger partial charge in [0.1, 0.15) is 17.7 Å². The molecule has 3 fully saturated rings. The van der Waals surface area contributed by atoms with Crippen molar-refractivity contribution in [2.75, 3.05) is 31.1 Å². The van der Waals surface area contributed by atoms with Gasteiger partial charge in [0.15, 0.2) is 0 Å². The largest absolute Gasteiger partial charge is 0.444 e. The summed E-state index contributed by atoms with van der Waals surface area (Å²) in [5.41, 5.74) is 0.353. The van der Waals surface area contributed by atoms with E-state index in [9.17, 15) is 23.2 Å². The van der Waals surface area contributed by atoms with Crippen LogP contribution in [0.5, 0.6) is 0 Å². The van der Waals surface area contributed by atoms with Crippen molar-refractivity contribution in [1.29, 1.82) is 0 Å². The van der Waals surface area contributed by atoms with Crippen molar-refractivity contribution in [3.8, 4) is 0 Å². The number of halogens is 3. The maximum absolute atomic E-state index is 14.5. The van der Waals surface area contributed by atoms with E-state index in [4.69, 9.17) is 4.74 Å². The van der Waals surface area contributed by atoms with Crippen molar-refractivity contribution in [2.24, 2.45) is 5.92 Å². The van der Waals surface area contributed by atoms with E-state index in [0.717, 1.165) is 43.1 Å². The summed E-state index contributed by atoms with van der Waals surface area (Å²) in [5, 5.41) is 5.87. The summed E-state index contributed by atoms with van der Waals surface area (Å²) in [5.74, 6) is -2.46. The fourth-order valence-corrected chi connectivity index (χ4v) is 7.37. The van der Waals surface area contributed by atoms with Gasteiger partial charge in [-0.2, -0.15) is 11.8 Å². The quantitative estimate of drug-likeness (QED) is 0.339. The van der Waals surface area contributed by atoms with E-state index in [2.05, 4.69) is 27.7 Å². The lowest BCUT2D eigenvalue weighted by Gasteiger charge is -2.33. The van der Waals surface area contributed by atoms with Crippen molar-refractivity contribution in [1.82, 2.24) is 20.4 Å². The normalized spacial score (nSPS) is 22.1. The number of benzene rings is 1. The molecule has 2 N–H and O–H groups in total. The molecular weight excluding hydrogens is 610 g/mol. The van der Waals surface area contributed by atoms with Gasteiger partial charge in [0.2, 0.25) is 11.8 Å². The third-order valence-corrected chi connectivity index (χ3v) is 9.66. The van der Waals surface area contributed by atoms with Crippen molar-refractivity contribution in [3.05, 3.63) is 35.9 Å². The molecule has 2 saturated heterocycles. The number of carbonyl (C=O) groups excluding carboxylic acids is 3. The molecule has 3 aliphatic rings. The third-order valence-electron chi connectivity index (χ3n) is 8.38. The number of ether oxygens (including phenoxy) is 1. The minimum atomic E-state index is -3.22. The van der Waals surface area contributed by atoms with Crippen LogP contribution in [0.15, 0.2) is 30.3 Å². The Hall–Kier alpha value is -2.11. The first-order valence-electron chi connectivity index (χ1n) is 15.7. The smallest absolute Gasteiger partial charge is 0.411 e. The zero-order chi connectivity index (χ0) is 31.0. The maximum atomic E-state index is 14.5. The third kappa shape index (κ3) is 11.4. The summed E-state index contributed by atoms with van der Waals surface area (Å²) >= 11 is 1.62. The Morgan fingerprint density at radius 2 is 1.70 bits per heavy atom. The molecule has 248 valence electrons. The molecule has 3 amide bonds. The Bertz CT molecular complexity index is 1080. The van der Waals surface area contributed by atoms with Gasteiger partial charge < -0.3 is 15.4 Å². The molecule has 1 unspecified atom stereocenters. The molecule has 12 heteroatoms. The highest BCUT2D eigenvalue weighted by Crippen LogP contribution is 2.33. The fourth-order valence-electron chi connectivity index (χ4n) is 6.10. The predicted molar refractivity (Wildman–Crippen MR) is 172 cm³/mol. The highest BCUT2D eigenvalue weighted by molar-refractivity contribution is 7.99. The molecule has 2 aliphatic heterocycles. The summed E-state index contributed by atoms with van der Waals surface area (Å²) in [4.78, 5) is 42.9. The lowest BCUT2D eigenvalue weighted by molar-refractivity contribution is -0.131. The molecule has 1 aromatic carbocycles. The Balaban J connectivity index is 0.00000529. The van der Waals surface area contributed by atoms with Gasteiger partial charge in [-0.3, -0.25) is 19.4 Å². The van der Waals surface area contributed by atoms with Crippen LogP contribution in [0, 0.1) is 5.92 Å². The highest BCUT2D eigenvalue weighted by Gasteiger charge is 2.51. The summed E-state index contributed by atoms with van der Waals surface area (Å²) in [6.45, 7) is 6.58. The van der Waals surface area contributed by atoms with E-state index in [1.165, 1.54) is 37.7 Å². The Labute approximate surface area is 271 Å². The lowest BCUT2D eigenvalue weighted by Crippen LogP contribution is -2.56. The van der Waals surface area contributed by atoms with Crippen LogP contribution in [0.2, 0.25) is 0 Å². The molecule has 2 atom stereocenters. The number of thioether (sulfide) groups is 1. The first-order valence-corrected chi connectivity index (χ1v) is 16.9.